The Balaban J connectivity index is 1.97. The molecule has 0 nitrogen and oxygen atoms in total. The molecule has 3 aromatic rings. The first kappa shape index (κ1) is 20.9. The van der Waals surface area contributed by atoms with Gasteiger partial charge in [0.25, 0.3) is 0 Å². The lowest BCUT2D eigenvalue weighted by atomic mass is 9.96. The molecular formula is C26H25F3. The van der Waals surface area contributed by atoms with Gasteiger partial charge in [0.2, 0.25) is 0 Å². The van der Waals surface area contributed by atoms with E-state index in [2.05, 4.69) is 6.08 Å². The second kappa shape index (κ2) is 9.60. The molecule has 0 aliphatic rings. The summed E-state index contributed by atoms with van der Waals surface area (Å²) in [5.41, 5.74) is 2.34. The third kappa shape index (κ3) is 4.61. The van der Waals surface area contributed by atoms with Gasteiger partial charge in [-0.25, -0.2) is 13.2 Å². The fourth-order valence-electron chi connectivity index (χ4n) is 3.51. The molecule has 0 heterocycles. The van der Waals surface area contributed by atoms with Crippen LogP contribution < -0.4 is 0 Å². The van der Waals surface area contributed by atoms with E-state index in [4.69, 9.17) is 0 Å². The highest BCUT2D eigenvalue weighted by Crippen LogP contribution is 2.33. The Morgan fingerprint density at radius 3 is 2.03 bits per heavy atom. The van der Waals surface area contributed by atoms with Gasteiger partial charge in [0.1, 0.15) is 5.82 Å². The van der Waals surface area contributed by atoms with E-state index in [0.717, 1.165) is 18.4 Å². The first-order chi connectivity index (χ1) is 14.1. The minimum Gasteiger partial charge on any atom is -0.206 e. The van der Waals surface area contributed by atoms with Crippen molar-refractivity contribution in [3.63, 3.8) is 0 Å². The number of rotatable bonds is 7. The highest BCUT2D eigenvalue weighted by molar-refractivity contribution is 5.89. The third-order valence-electron chi connectivity index (χ3n) is 5.11. The molecule has 0 aliphatic carbocycles. The lowest BCUT2D eigenvalue weighted by Gasteiger charge is -2.11. The van der Waals surface area contributed by atoms with Gasteiger partial charge in [0.05, 0.1) is 5.39 Å². The Kier molecular flexibility index (Phi) is 6.92. The van der Waals surface area contributed by atoms with Crippen molar-refractivity contribution >= 4 is 10.8 Å². The van der Waals surface area contributed by atoms with Gasteiger partial charge in [-0.15, -0.1) is 0 Å². The van der Waals surface area contributed by atoms with Crippen LogP contribution in [-0.2, 0) is 12.8 Å². The van der Waals surface area contributed by atoms with Gasteiger partial charge in [-0.1, -0.05) is 60.7 Å². The zero-order valence-electron chi connectivity index (χ0n) is 16.8. The maximum atomic E-state index is 15.2. The van der Waals surface area contributed by atoms with Crippen molar-refractivity contribution in [2.45, 2.75) is 39.5 Å². The standard InChI is InChI=1S/C26H25F3/c1-3-5-7-9-18-11-13-19(14-12-18)22-16-15-20-17-21(10-8-6-4-2)24(27)26(29)23(20)25(22)28/h3-6,11-17H,7-10H2,1-2H3/b5-3+,6-4+. The van der Waals surface area contributed by atoms with E-state index in [1.54, 1.807) is 18.2 Å². The molecule has 0 bridgehead atoms. The van der Waals surface area contributed by atoms with E-state index in [1.807, 2.05) is 56.3 Å². The van der Waals surface area contributed by atoms with Gasteiger partial charge >= 0.3 is 0 Å². The van der Waals surface area contributed by atoms with Crippen LogP contribution in [0.25, 0.3) is 21.9 Å². The predicted octanol–water partition coefficient (Wildman–Crippen LogP) is 7.94. The van der Waals surface area contributed by atoms with E-state index in [0.29, 0.717) is 23.8 Å². The van der Waals surface area contributed by atoms with E-state index in [9.17, 15) is 8.78 Å². The van der Waals surface area contributed by atoms with Crippen molar-refractivity contribution in [3.8, 4) is 11.1 Å². The third-order valence-corrected chi connectivity index (χ3v) is 5.11. The lowest BCUT2D eigenvalue weighted by molar-refractivity contribution is 0.502. The minimum absolute atomic E-state index is 0.269. The summed E-state index contributed by atoms with van der Waals surface area (Å²) >= 11 is 0. The number of allylic oxidation sites excluding steroid dienone is 4. The van der Waals surface area contributed by atoms with Gasteiger partial charge in [-0.2, -0.15) is 0 Å². The maximum Gasteiger partial charge on any atom is 0.169 e. The van der Waals surface area contributed by atoms with Crippen molar-refractivity contribution in [3.05, 3.63) is 95.3 Å². The summed E-state index contributed by atoms with van der Waals surface area (Å²) in [4.78, 5) is 0. The zero-order chi connectivity index (χ0) is 20.8. The quantitative estimate of drug-likeness (QED) is 0.357. The van der Waals surface area contributed by atoms with Gasteiger partial charge < -0.3 is 0 Å². The fraction of sp³-hybridized carbons (Fsp3) is 0.231. The van der Waals surface area contributed by atoms with Crippen molar-refractivity contribution < 1.29 is 13.2 Å². The van der Waals surface area contributed by atoms with Crippen molar-refractivity contribution in [1.29, 1.82) is 0 Å². The van der Waals surface area contributed by atoms with E-state index < -0.39 is 17.5 Å². The topological polar surface area (TPSA) is 0 Å². The molecule has 150 valence electrons. The van der Waals surface area contributed by atoms with Crippen LogP contribution in [0.2, 0.25) is 0 Å². The molecule has 0 fully saturated rings. The Bertz CT molecular complexity index is 1040. The molecule has 0 radical (unpaired) electrons. The number of hydrogen-bond acceptors (Lipinski definition) is 0. The minimum atomic E-state index is -1.11. The summed E-state index contributed by atoms with van der Waals surface area (Å²) < 4.78 is 44.4. The molecule has 0 spiro atoms. The van der Waals surface area contributed by atoms with Crippen molar-refractivity contribution in [2.24, 2.45) is 0 Å². The number of aryl methyl sites for hydroxylation is 2. The van der Waals surface area contributed by atoms with Crippen LogP contribution in [0.15, 0.2) is 66.8 Å². The lowest BCUT2D eigenvalue weighted by Crippen LogP contribution is -1.99. The van der Waals surface area contributed by atoms with Gasteiger partial charge in [-0.3, -0.25) is 0 Å². The Labute approximate surface area is 170 Å². The van der Waals surface area contributed by atoms with E-state index in [1.165, 1.54) is 0 Å². The number of fused-ring (bicyclic) bond motifs is 1. The SMILES string of the molecule is C/C=C/CCc1ccc(-c2ccc3cc(CC/C=C/C)c(F)c(F)c3c2F)cc1. The number of halogens is 3. The largest absolute Gasteiger partial charge is 0.206 e. The van der Waals surface area contributed by atoms with Crippen LogP contribution in [0.5, 0.6) is 0 Å². The molecule has 0 amide bonds. The Hall–Kier alpha value is -2.81. The zero-order valence-corrected chi connectivity index (χ0v) is 16.8. The number of hydrogen-bond donors (Lipinski definition) is 0. The molecule has 0 aromatic heterocycles. The molecule has 3 rings (SSSR count). The average molecular weight is 394 g/mol. The summed E-state index contributed by atoms with van der Waals surface area (Å²) in [6, 6.07) is 12.4. The smallest absolute Gasteiger partial charge is 0.169 e. The van der Waals surface area contributed by atoms with Crippen LogP contribution in [0, 0.1) is 17.5 Å². The van der Waals surface area contributed by atoms with Gasteiger partial charge in [-0.05, 0) is 67.7 Å². The van der Waals surface area contributed by atoms with Gasteiger partial charge in [0, 0.05) is 5.56 Å². The van der Waals surface area contributed by atoms with Crippen LogP contribution in [0.4, 0.5) is 13.2 Å². The summed E-state index contributed by atoms with van der Waals surface area (Å²) in [5.74, 6) is -2.79. The highest BCUT2D eigenvalue weighted by atomic mass is 19.2. The first-order valence-corrected chi connectivity index (χ1v) is 9.97. The molecule has 3 heteroatoms. The molecule has 0 saturated carbocycles. The summed E-state index contributed by atoms with van der Waals surface area (Å²) in [6.07, 6.45) is 10.7. The second-order valence-corrected chi connectivity index (χ2v) is 7.10. The predicted molar refractivity (Wildman–Crippen MR) is 116 cm³/mol. The highest BCUT2D eigenvalue weighted by Gasteiger charge is 2.19. The van der Waals surface area contributed by atoms with E-state index in [-0.39, 0.29) is 16.5 Å². The first-order valence-electron chi connectivity index (χ1n) is 9.97. The molecule has 0 atom stereocenters. The summed E-state index contributed by atoms with van der Waals surface area (Å²) in [7, 11) is 0. The number of benzene rings is 3. The summed E-state index contributed by atoms with van der Waals surface area (Å²) in [6.45, 7) is 3.86. The van der Waals surface area contributed by atoms with E-state index >= 15 is 4.39 Å². The van der Waals surface area contributed by atoms with Crippen LogP contribution in [0.1, 0.15) is 37.8 Å². The van der Waals surface area contributed by atoms with Crippen LogP contribution in [-0.4, -0.2) is 0 Å². The average Bonchev–Trinajstić information content (AvgIpc) is 2.72. The summed E-state index contributed by atoms with van der Waals surface area (Å²) in [5, 5.41) is 0.0931. The molecule has 0 aliphatic heterocycles. The van der Waals surface area contributed by atoms with Gasteiger partial charge in [0.15, 0.2) is 11.6 Å². The van der Waals surface area contributed by atoms with Crippen LogP contribution >= 0.6 is 0 Å². The monoisotopic (exact) mass is 394 g/mol. The molecule has 3 aromatic carbocycles. The van der Waals surface area contributed by atoms with Crippen molar-refractivity contribution in [2.75, 3.05) is 0 Å². The molecule has 29 heavy (non-hydrogen) atoms. The normalized spacial score (nSPS) is 11.9. The molecule has 0 unspecified atom stereocenters. The Morgan fingerprint density at radius 1 is 0.724 bits per heavy atom. The fourth-order valence-corrected chi connectivity index (χ4v) is 3.51. The van der Waals surface area contributed by atoms with Crippen LogP contribution in [0.3, 0.4) is 0 Å². The molecular weight excluding hydrogens is 369 g/mol. The Morgan fingerprint density at radius 2 is 1.38 bits per heavy atom. The molecule has 0 N–H and O–H groups in total. The molecule has 0 saturated heterocycles. The van der Waals surface area contributed by atoms with Crippen molar-refractivity contribution in [1.82, 2.24) is 0 Å². The maximum absolute atomic E-state index is 15.2. The second-order valence-electron chi connectivity index (χ2n) is 7.10.